The van der Waals surface area contributed by atoms with Gasteiger partial charge in [0.05, 0.1) is 35.7 Å². The SMILES string of the molecule is Cc1cccc(F)c1-c1cc(-n2ccc(N3CC[C@](O)(C(=O)N4CCCC4)C3)n2)c2c(n1)CNC2=O. The van der Waals surface area contributed by atoms with Crippen molar-refractivity contribution in [3.05, 3.63) is 59.2 Å². The van der Waals surface area contributed by atoms with Gasteiger partial charge in [0, 0.05) is 43.9 Å². The smallest absolute Gasteiger partial charge is 0.256 e. The third-order valence-corrected chi connectivity index (χ3v) is 7.38. The molecule has 9 nitrogen and oxygen atoms in total. The van der Waals surface area contributed by atoms with Gasteiger partial charge in [-0.3, -0.25) is 9.59 Å². The van der Waals surface area contributed by atoms with Gasteiger partial charge in [-0.1, -0.05) is 12.1 Å². The maximum Gasteiger partial charge on any atom is 0.256 e. The number of aliphatic hydroxyl groups is 1. The number of aryl methyl sites for hydroxylation is 1. The summed E-state index contributed by atoms with van der Waals surface area (Å²) < 4.78 is 16.3. The van der Waals surface area contributed by atoms with E-state index in [0.717, 1.165) is 18.4 Å². The number of pyridine rings is 1. The number of anilines is 1. The molecule has 0 saturated carbocycles. The molecule has 0 bridgehead atoms. The van der Waals surface area contributed by atoms with E-state index in [-0.39, 0.29) is 30.7 Å². The number of fused-ring (bicyclic) bond motifs is 1. The Balaban J connectivity index is 1.34. The Morgan fingerprint density at radius 2 is 1.97 bits per heavy atom. The zero-order valence-corrected chi connectivity index (χ0v) is 20.0. The number of benzene rings is 1. The van der Waals surface area contributed by atoms with Crippen molar-refractivity contribution < 1.29 is 19.1 Å². The van der Waals surface area contributed by atoms with Crippen molar-refractivity contribution >= 4 is 17.6 Å². The Kier molecular flexibility index (Phi) is 5.29. The fraction of sp³-hybridized carbons (Fsp3) is 0.385. The molecule has 0 spiro atoms. The molecule has 2 N–H and O–H groups in total. The number of rotatable bonds is 4. The van der Waals surface area contributed by atoms with Crippen LogP contribution in [0.1, 0.15) is 40.9 Å². The number of amides is 2. The first-order valence-corrected chi connectivity index (χ1v) is 12.2. The predicted octanol–water partition coefficient (Wildman–Crippen LogP) is 2.19. The lowest BCUT2D eigenvalue weighted by atomic mass is 10.0. The highest BCUT2D eigenvalue weighted by atomic mass is 19.1. The van der Waals surface area contributed by atoms with Crippen LogP contribution in [-0.2, 0) is 11.3 Å². The number of carbonyl (C=O) groups excluding carboxylic acids is 2. The molecule has 2 aromatic heterocycles. The molecular weight excluding hydrogens is 463 g/mol. The number of likely N-dealkylation sites (tertiary alicyclic amines) is 1. The van der Waals surface area contributed by atoms with E-state index in [1.165, 1.54) is 6.07 Å². The molecule has 0 unspecified atom stereocenters. The van der Waals surface area contributed by atoms with Gasteiger partial charge < -0.3 is 20.2 Å². The van der Waals surface area contributed by atoms with Crippen LogP contribution in [0.15, 0.2) is 36.5 Å². The van der Waals surface area contributed by atoms with Crippen molar-refractivity contribution in [1.29, 1.82) is 0 Å². The largest absolute Gasteiger partial charge is 0.378 e. The van der Waals surface area contributed by atoms with Crippen molar-refractivity contribution in [2.24, 2.45) is 0 Å². The minimum Gasteiger partial charge on any atom is -0.378 e. The first-order valence-electron chi connectivity index (χ1n) is 12.2. The highest BCUT2D eigenvalue weighted by molar-refractivity contribution is 6.01. The number of nitrogens with one attached hydrogen (secondary N) is 1. The number of hydrogen-bond donors (Lipinski definition) is 2. The highest BCUT2D eigenvalue weighted by Crippen LogP contribution is 2.33. The Hall–Kier alpha value is -3.79. The van der Waals surface area contributed by atoms with Gasteiger partial charge >= 0.3 is 0 Å². The van der Waals surface area contributed by atoms with Crippen molar-refractivity contribution in [3.63, 3.8) is 0 Å². The molecule has 1 aromatic carbocycles. The minimum atomic E-state index is -1.43. The summed E-state index contributed by atoms with van der Waals surface area (Å²) in [5.41, 5.74) is 1.58. The normalized spacial score (nSPS) is 21.2. The van der Waals surface area contributed by atoms with Crippen LogP contribution in [0.4, 0.5) is 10.2 Å². The Morgan fingerprint density at radius 1 is 1.17 bits per heavy atom. The maximum atomic E-state index is 14.8. The number of β-amino-alcohol motifs (C(OH)–C–C–N with tert-alkyl or cyclic N) is 1. The zero-order valence-electron chi connectivity index (χ0n) is 20.0. The molecule has 2 saturated heterocycles. The molecule has 3 aliphatic rings. The molecule has 3 aliphatic heterocycles. The topological polar surface area (TPSA) is 104 Å². The monoisotopic (exact) mass is 490 g/mol. The number of halogens is 1. The Morgan fingerprint density at radius 3 is 2.75 bits per heavy atom. The van der Waals surface area contributed by atoms with Crippen LogP contribution < -0.4 is 10.2 Å². The van der Waals surface area contributed by atoms with Gasteiger partial charge in [0.15, 0.2) is 11.4 Å². The molecule has 5 heterocycles. The van der Waals surface area contributed by atoms with Crippen molar-refractivity contribution in [3.8, 4) is 16.9 Å². The number of carbonyl (C=O) groups is 2. The Labute approximate surface area is 207 Å². The molecular formula is C26H27FN6O3. The summed E-state index contributed by atoms with van der Waals surface area (Å²) in [6.07, 6.45) is 4.00. The van der Waals surface area contributed by atoms with E-state index in [1.807, 2.05) is 17.9 Å². The van der Waals surface area contributed by atoms with E-state index in [9.17, 15) is 19.1 Å². The van der Waals surface area contributed by atoms with Crippen LogP contribution in [0.2, 0.25) is 0 Å². The molecule has 6 rings (SSSR count). The predicted molar refractivity (Wildman–Crippen MR) is 130 cm³/mol. The van der Waals surface area contributed by atoms with E-state index >= 15 is 0 Å². The minimum absolute atomic E-state index is 0.161. The second-order valence-electron chi connectivity index (χ2n) is 9.78. The lowest BCUT2D eigenvalue weighted by Crippen LogP contribution is -2.49. The first-order chi connectivity index (χ1) is 17.3. The van der Waals surface area contributed by atoms with E-state index in [4.69, 9.17) is 0 Å². The van der Waals surface area contributed by atoms with E-state index < -0.39 is 5.60 Å². The van der Waals surface area contributed by atoms with E-state index in [1.54, 1.807) is 34.0 Å². The summed E-state index contributed by atoms with van der Waals surface area (Å²) in [6.45, 7) is 4.11. The van der Waals surface area contributed by atoms with Gasteiger partial charge in [0.25, 0.3) is 11.8 Å². The molecule has 36 heavy (non-hydrogen) atoms. The maximum absolute atomic E-state index is 14.8. The van der Waals surface area contributed by atoms with E-state index in [2.05, 4.69) is 15.4 Å². The van der Waals surface area contributed by atoms with Crippen LogP contribution in [0.3, 0.4) is 0 Å². The summed E-state index contributed by atoms with van der Waals surface area (Å²) in [7, 11) is 0. The van der Waals surface area contributed by atoms with Gasteiger partial charge in [0.1, 0.15) is 5.82 Å². The number of nitrogens with zero attached hydrogens (tertiary/aromatic N) is 5. The lowest BCUT2D eigenvalue weighted by molar-refractivity contribution is -0.147. The molecule has 2 amide bonds. The quantitative estimate of drug-likeness (QED) is 0.581. The number of aromatic nitrogens is 3. The average molecular weight is 491 g/mol. The molecule has 2 fully saturated rings. The fourth-order valence-electron chi connectivity index (χ4n) is 5.47. The Bertz CT molecular complexity index is 1360. The first kappa shape index (κ1) is 22.7. The number of hydrogen-bond acceptors (Lipinski definition) is 6. The highest BCUT2D eigenvalue weighted by Gasteiger charge is 2.46. The zero-order chi connectivity index (χ0) is 25.0. The molecule has 10 heteroatoms. The van der Waals surface area contributed by atoms with Crippen LogP contribution >= 0.6 is 0 Å². The van der Waals surface area contributed by atoms with Crippen molar-refractivity contribution in [1.82, 2.24) is 25.0 Å². The third-order valence-electron chi connectivity index (χ3n) is 7.38. The van der Waals surface area contributed by atoms with Gasteiger partial charge in [-0.15, -0.1) is 0 Å². The van der Waals surface area contributed by atoms with Gasteiger partial charge in [0.2, 0.25) is 0 Å². The van der Waals surface area contributed by atoms with E-state index in [0.29, 0.717) is 60.1 Å². The second kappa shape index (κ2) is 8.41. The summed E-state index contributed by atoms with van der Waals surface area (Å²) in [5.74, 6) is -0.262. The summed E-state index contributed by atoms with van der Waals surface area (Å²) >= 11 is 0. The molecule has 186 valence electrons. The second-order valence-corrected chi connectivity index (χ2v) is 9.78. The fourth-order valence-corrected chi connectivity index (χ4v) is 5.47. The molecule has 0 aliphatic carbocycles. The van der Waals surface area contributed by atoms with Crippen LogP contribution in [0, 0.1) is 12.7 Å². The van der Waals surface area contributed by atoms with Crippen molar-refractivity contribution in [2.45, 2.75) is 38.3 Å². The van der Waals surface area contributed by atoms with Gasteiger partial charge in [-0.2, -0.15) is 5.10 Å². The third kappa shape index (κ3) is 3.63. The van der Waals surface area contributed by atoms with Gasteiger partial charge in [-0.25, -0.2) is 14.1 Å². The summed E-state index contributed by atoms with van der Waals surface area (Å²) in [5, 5.41) is 18.6. The summed E-state index contributed by atoms with van der Waals surface area (Å²) in [6, 6.07) is 8.34. The standard InChI is InChI=1S/C26H27FN6O3/c1-16-5-4-6-17(27)22(16)18-13-20(23-19(29-18)14-28-24(23)34)33-11-7-21(30-33)32-12-8-26(36,15-32)25(35)31-9-2-3-10-31/h4-7,11,13,36H,2-3,8-10,12,14-15H2,1H3,(H,28,34)/t26-/m1/s1. The van der Waals surface area contributed by atoms with Crippen LogP contribution in [0.25, 0.3) is 16.9 Å². The molecule has 0 radical (unpaired) electrons. The van der Waals surface area contributed by atoms with Crippen LogP contribution in [-0.4, -0.2) is 68.4 Å². The van der Waals surface area contributed by atoms with Crippen molar-refractivity contribution in [2.75, 3.05) is 31.1 Å². The molecule has 1 atom stereocenters. The van der Waals surface area contributed by atoms with Crippen LogP contribution in [0.5, 0.6) is 0 Å². The molecule has 3 aromatic rings. The lowest BCUT2D eigenvalue weighted by Gasteiger charge is -2.27. The summed E-state index contributed by atoms with van der Waals surface area (Å²) in [4.78, 5) is 33.8. The average Bonchev–Trinajstić information content (AvgIpc) is 3.66. The van der Waals surface area contributed by atoms with Gasteiger partial charge in [-0.05, 0) is 37.5 Å².